The Morgan fingerprint density at radius 3 is 2.90 bits per heavy atom. The van der Waals surface area contributed by atoms with Crippen LogP contribution in [0, 0.1) is 6.92 Å². The summed E-state index contributed by atoms with van der Waals surface area (Å²) in [7, 11) is 1.63. The van der Waals surface area contributed by atoms with Gasteiger partial charge in [0.2, 0.25) is 0 Å². The van der Waals surface area contributed by atoms with Crippen molar-refractivity contribution >= 4 is 5.91 Å². The maximum atomic E-state index is 12.1. The summed E-state index contributed by atoms with van der Waals surface area (Å²) in [6.07, 6.45) is 1.02. The number of aliphatic hydroxyl groups is 1. The molecule has 0 saturated carbocycles. The first kappa shape index (κ1) is 14.2. The number of aliphatic hydroxyl groups excluding tert-OH is 1. The second-order valence-electron chi connectivity index (χ2n) is 4.92. The Hall–Kier alpha value is -2.21. The fourth-order valence-corrected chi connectivity index (χ4v) is 1.93. The van der Waals surface area contributed by atoms with Crippen LogP contribution in [0.3, 0.4) is 0 Å². The topological polar surface area (TPSA) is 71.2 Å². The zero-order valence-electron chi connectivity index (χ0n) is 11.8. The Balaban J connectivity index is 2.19. The van der Waals surface area contributed by atoms with E-state index in [2.05, 4.69) is 10.3 Å². The van der Waals surface area contributed by atoms with Crippen LogP contribution in [-0.4, -0.2) is 50.6 Å². The highest BCUT2D eigenvalue weighted by atomic mass is 16.3. The third kappa shape index (κ3) is 3.21. The monoisotopic (exact) mass is 274 g/mol. The molecule has 1 aromatic heterocycles. The molecule has 0 radical (unpaired) electrons. The molecule has 0 aliphatic heterocycles. The minimum atomic E-state index is -0.573. The zero-order chi connectivity index (χ0) is 14.7. The molecule has 0 aliphatic carbocycles. The van der Waals surface area contributed by atoms with Crippen molar-refractivity contribution < 1.29 is 9.90 Å². The lowest BCUT2D eigenvalue weighted by atomic mass is 10.2. The van der Waals surface area contributed by atoms with E-state index in [-0.39, 0.29) is 18.1 Å². The van der Waals surface area contributed by atoms with Crippen molar-refractivity contribution in [2.45, 2.75) is 20.0 Å². The van der Waals surface area contributed by atoms with Gasteiger partial charge in [-0.25, -0.2) is 4.68 Å². The maximum absolute atomic E-state index is 12.1. The second-order valence-corrected chi connectivity index (χ2v) is 4.92. The van der Waals surface area contributed by atoms with Gasteiger partial charge in [-0.2, -0.15) is 0 Å². The molecule has 1 heterocycles. The molecule has 6 nitrogen and oxygen atoms in total. The fourth-order valence-electron chi connectivity index (χ4n) is 1.93. The highest BCUT2D eigenvalue weighted by Gasteiger charge is 2.17. The van der Waals surface area contributed by atoms with Gasteiger partial charge < -0.3 is 10.0 Å². The molecule has 0 unspecified atom stereocenters. The third-order valence-electron chi connectivity index (χ3n) is 2.86. The molecule has 2 rings (SSSR count). The van der Waals surface area contributed by atoms with E-state index >= 15 is 0 Å². The molecule has 6 heteroatoms. The van der Waals surface area contributed by atoms with E-state index in [1.54, 1.807) is 24.9 Å². The summed E-state index contributed by atoms with van der Waals surface area (Å²) in [5, 5.41) is 17.2. The Bertz CT molecular complexity index is 607. The lowest BCUT2D eigenvalue weighted by Crippen LogP contribution is -2.33. The molecule has 20 heavy (non-hydrogen) atoms. The highest BCUT2D eigenvalue weighted by Crippen LogP contribution is 2.10. The fraction of sp³-hybridized carbons (Fsp3) is 0.357. The summed E-state index contributed by atoms with van der Waals surface area (Å²) in [6, 6.07) is 7.77. The molecule has 1 N–H and O–H groups in total. The van der Waals surface area contributed by atoms with Crippen molar-refractivity contribution in [2.24, 2.45) is 0 Å². The van der Waals surface area contributed by atoms with E-state index < -0.39 is 6.10 Å². The first-order valence-electron chi connectivity index (χ1n) is 6.40. The predicted molar refractivity (Wildman–Crippen MR) is 74.7 cm³/mol. The van der Waals surface area contributed by atoms with Crippen LogP contribution in [0.25, 0.3) is 5.69 Å². The van der Waals surface area contributed by atoms with E-state index in [4.69, 9.17) is 0 Å². The van der Waals surface area contributed by atoms with Crippen LogP contribution >= 0.6 is 0 Å². The minimum absolute atomic E-state index is 0.259. The third-order valence-corrected chi connectivity index (χ3v) is 2.86. The number of aromatic nitrogens is 3. The van der Waals surface area contributed by atoms with Crippen molar-refractivity contribution in [3.63, 3.8) is 0 Å². The van der Waals surface area contributed by atoms with Gasteiger partial charge in [0.1, 0.15) is 0 Å². The quantitative estimate of drug-likeness (QED) is 0.904. The number of amides is 1. The predicted octanol–water partition coefficient (Wildman–Crippen LogP) is 1.03. The molecule has 2 aromatic rings. The van der Waals surface area contributed by atoms with Gasteiger partial charge >= 0.3 is 0 Å². The lowest BCUT2D eigenvalue weighted by molar-refractivity contribution is 0.0698. The van der Waals surface area contributed by atoms with Crippen molar-refractivity contribution in [1.29, 1.82) is 0 Å². The van der Waals surface area contributed by atoms with Gasteiger partial charge in [0.15, 0.2) is 5.69 Å². The standard InChI is InChI=1S/C14H18N4O2/c1-10-5-4-6-12(7-10)18-9-13(15-16-18)14(20)17(3)8-11(2)19/h4-7,9,11,19H,8H2,1-3H3/t11-/m0/s1. The Kier molecular flexibility index (Phi) is 4.14. The average molecular weight is 274 g/mol. The molecule has 1 amide bonds. The second kappa shape index (κ2) is 5.83. The normalized spacial score (nSPS) is 12.2. The summed E-state index contributed by atoms with van der Waals surface area (Å²) in [6.45, 7) is 3.88. The van der Waals surface area contributed by atoms with Gasteiger partial charge in [0.05, 0.1) is 18.0 Å². The van der Waals surface area contributed by atoms with Crippen molar-refractivity contribution in [2.75, 3.05) is 13.6 Å². The highest BCUT2D eigenvalue weighted by molar-refractivity contribution is 5.91. The van der Waals surface area contributed by atoms with Crippen LogP contribution in [0.2, 0.25) is 0 Å². The van der Waals surface area contributed by atoms with Crippen LogP contribution < -0.4 is 0 Å². The number of benzene rings is 1. The number of likely N-dealkylation sites (N-methyl/N-ethyl adjacent to an activating group) is 1. The molecule has 0 saturated heterocycles. The SMILES string of the molecule is Cc1cccc(-n2cc(C(=O)N(C)C[C@H](C)O)nn2)c1. The Morgan fingerprint density at radius 1 is 1.50 bits per heavy atom. The van der Waals surface area contributed by atoms with Gasteiger partial charge in [-0.05, 0) is 31.5 Å². The molecule has 0 spiro atoms. The molecule has 106 valence electrons. The molecule has 1 aromatic carbocycles. The van der Waals surface area contributed by atoms with Crippen LogP contribution in [0.5, 0.6) is 0 Å². The number of nitrogens with zero attached hydrogens (tertiary/aromatic N) is 4. The molecular formula is C14H18N4O2. The smallest absolute Gasteiger partial charge is 0.275 e. The van der Waals surface area contributed by atoms with Crippen LogP contribution in [0.1, 0.15) is 23.0 Å². The number of hydrogen-bond donors (Lipinski definition) is 1. The van der Waals surface area contributed by atoms with Gasteiger partial charge in [0, 0.05) is 13.6 Å². The number of carbonyl (C=O) groups excluding carboxylic acids is 1. The van der Waals surface area contributed by atoms with Crippen molar-refractivity contribution in [1.82, 2.24) is 19.9 Å². The van der Waals surface area contributed by atoms with Crippen LogP contribution in [0.4, 0.5) is 0 Å². The number of carbonyl (C=O) groups is 1. The summed E-state index contributed by atoms with van der Waals surface area (Å²) in [5.41, 5.74) is 2.22. The van der Waals surface area contributed by atoms with Crippen molar-refractivity contribution in [3.05, 3.63) is 41.7 Å². The van der Waals surface area contributed by atoms with E-state index in [1.165, 1.54) is 4.90 Å². The average Bonchev–Trinajstić information content (AvgIpc) is 2.86. The van der Waals surface area contributed by atoms with Crippen molar-refractivity contribution in [3.8, 4) is 5.69 Å². The Labute approximate surface area is 117 Å². The van der Waals surface area contributed by atoms with Gasteiger partial charge in [-0.15, -0.1) is 5.10 Å². The summed E-state index contributed by atoms with van der Waals surface area (Å²) >= 11 is 0. The number of hydrogen-bond acceptors (Lipinski definition) is 4. The summed E-state index contributed by atoms with van der Waals surface area (Å²) < 4.78 is 1.57. The van der Waals surface area contributed by atoms with Crippen LogP contribution in [0.15, 0.2) is 30.5 Å². The van der Waals surface area contributed by atoms with Gasteiger partial charge in [-0.1, -0.05) is 17.3 Å². The van der Waals surface area contributed by atoms with Gasteiger partial charge in [-0.3, -0.25) is 4.79 Å². The minimum Gasteiger partial charge on any atom is -0.392 e. The zero-order valence-corrected chi connectivity index (χ0v) is 11.8. The molecule has 0 aliphatic rings. The lowest BCUT2D eigenvalue weighted by Gasteiger charge is -2.16. The summed E-state index contributed by atoms with van der Waals surface area (Å²) in [5.74, 6) is -0.259. The molecular weight excluding hydrogens is 256 g/mol. The largest absolute Gasteiger partial charge is 0.392 e. The first-order valence-corrected chi connectivity index (χ1v) is 6.40. The number of rotatable bonds is 4. The Morgan fingerprint density at radius 2 is 2.25 bits per heavy atom. The van der Waals surface area contributed by atoms with E-state index in [9.17, 15) is 9.90 Å². The number of aryl methyl sites for hydroxylation is 1. The van der Waals surface area contributed by atoms with Crippen LogP contribution in [-0.2, 0) is 0 Å². The van der Waals surface area contributed by atoms with Gasteiger partial charge in [0.25, 0.3) is 5.91 Å². The summed E-state index contributed by atoms with van der Waals surface area (Å²) in [4.78, 5) is 13.5. The van der Waals surface area contributed by atoms with E-state index in [0.717, 1.165) is 11.3 Å². The molecule has 0 fully saturated rings. The first-order chi connectivity index (χ1) is 9.47. The molecule has 1 atom stereocenters. The van der Waals surface area contributed by atoms with E-state index in [0.29, 0.717) is 0 Å². The maximum Gasteiger partial charge on any atom is 0.275 e. The molecule has 0 bridgehead atoms. The van der Waals surface area contributed by atoms with E-state index in [1.807, 2.05) is 31.2 Å².